The number of nitrogens with one attached hydrogen (secondary N) is 1. The van der Waals surface area contributed by atoms with Crippen LogP contribution in [0.15, 0.2) is 0 Å². The lowest BCUT2D eigenvalue weighted by Gasteiger charge is -2.21. The van der Waals surface area contributed by atoms with E-state index in [1.54, 1.807) is 0 Å². The average molecular weight is 169 g/mol. The lowest BCUT2D eigenvalue weighted by atomic mass is 9.95. The average Bonchev–Trinajstić information content (AvgIpc) is 2.28. The SMILES string of the molecule is CCC(C)C1CCCCC(=O)N1. The number of hydrogen-bond donors (Lipinski definition) is 1. The third-order valence-electron chi connectivity index (χ3n) is 2.85. The first-order chi connectivity index (χ1) is 5.74. The van der Waals surface area contributed by atoms with Gasteiger partial charge < -0.3 is 5.32 Å². The van der Waals surface area contributed by atoms with Crippen LogP contribution in [0.25, 0.3) is 0 Å². The first kappa shape index (κ1) is 9.56. The van der Waals surface area contributed by atoms with Gasteiger partial charge in [0.2, 0.25) is 5.91 Å². The van der Waals surface area contributed by atoms with Crippen molar-refractivity contribution < 1.29 is 4.79 Å². The van der Waals surface area contributed by atoms with Gasteiger partial charge in [-0.15, -0.1) is 0 Å². The molecule has 0 spiro atoms. The van der Waals surface area contributed by atoms with Gasteiger partial charge in [-0.25, -0.2) is 0 Å². The van der Waals surface area contributed by atoms with Gasteiger partial charge in [0.15, 0.2) is 0 Å². The first-order valence-corrected chi connectivity index (χ1v) is 5.03. The van der Waals surface area contributed by atoms with Crippen molar-refractivity contribution in [2.75, 3.05) is 0 Å². The van der Waals surface area contributed by atoms with E-state index < -0.39 is 0 Å². The molecule has 1 N–H and O–H groups in total. The Hall–Kier alpha value is -0.530. The predicted molar refractivity (Wildman–Crippen MR) is 49.9 cm³/mol. The van der Waals surface area contributed by atoms with Crippen LogP contribution in [0, 0.1) is 5.92 Å². The standard InChI is InChI=1S/C10H19NO/c1-3-8(2)9-6-4-5-7-10(12)11-9/h8-9H,3-7H2,1-2H3,(H,11,12). The van der Waals surface area contributed by atoms with E-state index in [1.807, 2.05) is 0 Å². The second-order valence-corrected chi connectivity index (χ2v) is 3.81. The molecule has 0 aromatic carbocycles. The van der Waals surface area contributed by atoms with Crippen LogP contribution in [0.4, 0.5) is 0 Å². The van der Waals surface area contributed by atoms with Crippen LogP contribution >= 0.6 is 0 Å². The Morgan fingerprint density at radius 2 is 2.33 bits per heavy atom. The molecule has 0 bridgehead atoms. The summed E-state index contributed by atoms with van der Waals surface area (Å²) < 4.78 is 0. The minimum atomic E-state index is 0.248. The van der Waals surface area contributed by atoms with E-state index in [0.717, 1.165) is 19.3 Å². The summed E-state index contributed by atoms with van der Waals surface area (Å²) in [6.45, 7) is 4.40. The minimum absolute atomic E-state index is 0.248. The molecule has 1 saturated heterocycles. The fourth-order valence-electron chi connectivity index (χ4n) is 1.71. The molecule has 0 radical (unpaired) electrons. The third kappa shape index (κ3) is 2.50. The van der Waals surface area contributed by atoms with Crippen molar-refractivity contribution in [2.45, 2.75) is 52.0 Å². The van der Waals surface area contributed by atoms with E-state index >= 15 is 0 Å². The molecule has 1 heterocycles. The summed E-state index contributed by atoms with van der Waals surface area (Å²) in [4.78, 5) is 11.2. The number of carbonyl (C=O) groups is 1. The molecule has 1 aliphatic heterocycles. The fourth-order valence-corrected chi connectivity index (χ4v) is 1.71. The summed E-state index contributed by atoms with van der Waals surface area (Å²) >= 11 is 0. The molecule has 1 rings (SSSR count). The van der Waals surface area contributed by atoms with Gasteiger partial charge in [-0.1, -0.05) is 26.7 Å². The summed E-state index contributed by atoms with van der Waals surface area (Å²) in [5, 5.41) is 3.09. The van der Waals surface area contributed by atoms with Crippen LogP contribution in [0.1, 0.15) is 46.0 Å². The smallest absolute Gasteiger partial charge is 0.220 e. The van der Waals surface area contributed by atoms with Crippen LogP contribution in [-0.4, -0.2) is 11.9 Å². The van der Waals surface area contributed by atoms with Crippen molar-refractivity contribution in [2.24, 2.45) is 5.92 Å². The molecule has 0 saturated carbocycles. The lowest BCUT2D eigenvalue weighted by Crippen LogP contribution is -2.37. The minimum Gasteiger partial charge on any atom is -0.353 e. The molecule has 0 aliphatic carbocycles. The molecule has 0 aromatic rings. The summed E-state index contributed by atoms with van der Waals surface area (Å²) in [5.74, 6) is 0.879. The highest BCUT2D eigenvalue weighted by atomic mass is 16.1. The second kappa shape index (κ2) is 4.48. The quantitative estimate of drug-likeness (QED) is 0.673. The summed E-state index contributed by atoms with van der Waals surface area (Å²) in [5.41, 5.74) is 0. The van der Waals surface area contributed by atoms with E-state index in [0.29, 0.717) is 12.0 Å². The normalized spacial score (nSPS) is 27.5. The van der Waals surface area contributed by atoms with Crippen molar-refractivity contribution in [1.82, 2.24) is 5.32 Å². The molecule has 1 fully saturated rings. The van der Waals surface area contributed by atoms with E-state index in [2.05, 4.69) is 19.2 Å². The Balaban J connectivity index is 2.46. The van der Waals surface area contributed by atoms with Crippen molar-refractivity contribution >= 4 is 5.91 Å². The van der Waals surface area contributed by atoms with E-state index in [-0.39, 0.29) is 5.91 Å². The maximum atomic E-state index is 11.2. The highest BCUT2D eigenvalue weighted by Crippen LogP contribution is 2.17. The van der Waals surface area contributed by atoms with E-state index in [1.165, 1.54) is 12.8 Å². The van der Waals surface area contributed by atoms with Crippen molar-refractivity contribution in [3.8, 4) is 0 Å². The largest absolute Gasteiger partial charge is 0.353 e. The highest BCUT2D eigenvalue weighted by Gasteiger charge is 2.20. The van der Waals surface area contributed by atoms with Crippen LogP contribution < -0.4 is 5.32 Å². The van der Waals surface area contributed by atoms with Gasteiger partial charge in [0.25, 0.3) is 0 Å². The molecule has 0 aromatic heterocycles. The first-order valence-electron chi connectivity index (χ1n) is 5.03. The molecular formula is C10H19NO. The van der Waals surface area contributed by atoms with Crippen molar-refractivity contribution in [3.63, 3.8) is 0 Å². The predicted octanol–water partition coefficient (Wildman–Crippen LogP) is 2.09. The van der Waals surface area contributed by atoms with Crippen LogP contribution in [0.5, 0.6) is 0 Å². The Bertz CT molecular complexity index is 156. The zero-order valence-corrected chi connectivity index (χ0v) is 8.10. The Morgan fingerprint density at radius 1 is 1.58 bits per heavy atom. The van der Waals surface area contributed by atoms with Crippen LogP contribution in [0.3, 0.4) is 0 Å². The molecule has 2 heteroatoms. The number of hydrogen-bond acceptors (Lipinski definition) is 1. The van der Waals surface area contributed by atoms with Gasteiger partial charge >= 0.3 is 0 Å². The van der Waals surface area contributed by atoms with Crippen molar-refractivity contribution in [3.05, 3.63) is 0 Å². The van der Waals surface area contributed by atoms with Gasteiger partial charge in [0.05, 0.1) is 0 Å². The molecule has 2 nitrogen and oxygen atoms in total. The van der Waals surface area contributed by atoms with E-state index in [9.17, 15) is 4.79 Å². The molecule has 2 atom stereocenters. The van der Waals surface area contributed by atoms with Crippen LogP contribution in [-0.2, 0) is 4.79 Å². The number of carbonyl (C=O) groups excluding carboxylic acids is 1. The van der Waals surface area contributed by atoms with Gasteiger partial charge in [-0.05, 0) is 18.8 Å². The van der Waals surface area contributed by atoms with Gasteiger partial charge in [0.1, 0.15) is 0 Å². The molecular weight excluding hydrogens is 150 g/mol. The van der Waals surface area contributed by atoms with E-state index in [4.69, 9.17) is 0 Å². The highest BCUT2D eigenvalue weighted by molar-refractivity contribution is 5.76. The van der Waals surface area contributed by atoms with Gasteiger partial charge in [-0.2, -0.15) is 0 Å². The summed E-state index contributed by atoms with van der Waals surface area (Å²) in [7, 11) is 0. The Morgan fingerprint density at radius 3 is 3.00 bits per heavy atom. The summed E-state index contributed by atoms with van der Waals surface area (Å²) in [6.07, 6.45) is 5.32. The molecule has 1 amide bonds. The molecule has 12 heavy (non-hydrogen) atoms. The van der Waals surface area contributed by atoms with Crippen LogP contribution in [0.2, 0.25) is 0 Å². The monoisotopic (exact) mass is 169 g/mol. The van der Waals surface area contributed by atoms with Crippen molar-refractivity contribution in [1.29, 1.82) is 0 Å². The zero-order chi connectivity index (χ0) is 8.97. The van der Waals surface area contributed by atoms with Gasteiger partial charge in [0, 0.05) is 12.5 Å². The number of amides is 1. The Labute approximate surface area is 74.7 Å². The maximum absolute atomic E-state index is 11.2. The lowest BCUT2D eigenvalue weighted by molar-refractivity contribution is -0.121. The third-order valence-corrected chi connectivity index (χ3v) is 2.85. The summed E-state index contributed by atoms with van der Waals surface area (Å²) in [6, 6.07) is 0.435. The maximum Gasteiger partial charge on any atom is 0.220 e. The fraction of sp³-hybridized carbons (Fsp3) is 0.900. The molecule has 1 aliphatic rings. The second-order valence-electron chi connectivity index (χ2n) is 3.81. The molecule has 2 unspecified atom stereocenters. The van der Waals surface area contributed by atoms with Gasteiger partial charge in [-0.3, -0.25) is 4.79 Å². The number of rotatable bonds is 2. The molecule has 70 valence electrons. The topological polar surface area (TPSA) is 29.1 Å². The zero-order valence-electron chi connectivity index (χ0n) is 8.10. The Kier molecular flexibility index (Phi) is 3.57.